The van der Waals surface area contributed by atoms with E-state index in [0.29, 0.717) is 13.1 Å². The van der Waals surface area contributed by atoms with Gasteiger partial charge in [-0.1, -0.05) is 18.2 Å². The molecule has 0 radical (unpaired) electrons. The molecule has 110 valence electrons. The maximum atomic E-state index is 12.4. The third-order valence-corrected chi connectivity index (χ3v) is 4.53. The quantitative estimate of drug-likeness (QED) is 0.943. The van der Waals surface area contributed by atoms with Crippen molar-refractivity contribution in [2.24, 2.45) is 0 Å². The van der Waals surface area contributed by atoms with Crippen LogP contribution in [0.2, 0.25) is 0 Å². The fourth-order valence-electron chi connectivity index (χ4n) is 2.52. The summed E-state index contributed by atoms with van der Waals surface area (Å²) in [6, 6.07) is 12.2. The van der Waals surface area contributed by atoms with Gasteiger partial charge in [0.15, 0.2) is 0 Å². The molecule has 3 rings (SSSR count). The molecule has 0 fully saturated rings. The van der Waals surface area contributed by atoms with Crippen LogP contribution in [-0.2, 0) is 11.3 Å². The van der Waals surface area contributed by atoms with Crippen LogP contribution in [0, 0.1) is 0 Å². The van der Waals surface area contributed by atoms with E-state index in [0.717, 1.165) is 24.5 Å². The minimum atomic E-state index is 0.153. The van der Waals surface area contributed by atoms with E-state index in [1.807, 2.05) is 30.6 Å². The molecule has 0 saturated carbocycles. The fraction of sp³-hybridized carbons (Fsp3) is 0.312. The van der Waals surface area contributed by atoms with Crippen molar-refractivity contribution in [3.05, 3.63) is 46.7 Å². The molecule has 0 spiro atoms. The Morgan fingerprint density at radius 3 is 3.00 bits per heavy atom. The first kappa shape index (κ1) is 13.9. The van der Waals surface area contributed by atoms with Crippen molar-refractivity contribution >= 4 is 28.6 Å². The van der Waals surface area contributed by atoms with Crippen LogP contribution in [-0.4, -0.2) is 37.5 Å². The number of benzene rings is 1. The molecule has 1 N–H and O–H groups in total. The average molecular weight is 301 g/mol. The normalized spacial score (nSPS) is 13.5. The summed E-state index contributed by atoms with van der Waals surface area (Å²) in [6.45, 7) is 2.85. The zero-order chi connectivity index (χ0) is 14.7. The number of likely N-dealkylation sites (N-methyl/N-ethyl adjacent to an activating group) is 1. The number of para-hydroxylation sites is 2. The summed E-state index contributed by atoms with van der Waals surface area (Å²) in [5.41, 5.74) is 2.22. The minimum absolute atomic E-state index is 0.153. The fourth-order valence-corrected chi connectivity index (χ4v) is 3.27. The summed E-state index contributed by atoms with van der Waals surface area (Å²) in [5, 5.41) is 5.41. The second-order valence-corrected chi connectivity index (χ2v) is 6.23. The summed E-state index contributed by atoms with van der Waals surface area (Å²) in [5.74, 6) is 0.153. The number of carbonyl (C=O) groups excluding carboxylic acids is 1. The molecule has 1 aliphatic heterocycles. The van der Waals surface area contributed by atoms with E-state index in [4.69, 9.17) is 0 Å². The maximum absolute atomic E-state index is 12.4. The van der Waals surface area contributed by atoms with Gasteiger partial charge in [-0.05, 0) is 23.6 Å². The Morgan fingerprint density at radius 1 is 1.33 bits per heavy atom. The highest BCUT2D eigenvalue weighted by atomic mass is 32.1. The molecule has 0 unspecified atom stereocenters. The molecule has 1 aromatic heterocycles. The van der Waals surface area contributed by atoms with E-state index in [1.165, 1.54) is 4.88 Å². The van der Waals surface area contributed by atoms with E-state index in [1.54, 1.807) is 16.2 Å². The molecule has 2 aromatic rings. The Hall–Kier alpha value is -2.01. The Bertz CT molecular complexity index is 612. The number of amides is 1. The van der Waals surface area contributed by atoms with Crippen LogP contribution >= 0.6 is 11.3 Å². The first-order valence-corrected chi connectivity index (χ1v) is 7.96. The first-order valence-electron chi connectivity index (χ1n) is 7.08. The van der Waals surface area contributed by atoms with E-state index >= 15 is 0 Å². The monoisotopic (exact) mass is 301 g/mol. The van der Waals surface area contributed by atoms with Gasteiger partial charge >= 0.3 is 0 Å². The van der Waals surface area contributed by atoms with Crippen molar-refractivity contribution in [3.63, 3.8) is 0 Å². The highest BCUT2D eigenvalue weighted by molar-refractivity contribution is 7.09. The summed E-state index contributed by atoms with van der Waals surface area (Å²) in [4.78, 5) is 17.6. The van der Waals surface area contributed by atoms with Gasteiger partial charge in [0.05, 0.1) is 24.5 Å². The second-order valence-electron chi connectivity index (χ2n) is 5.19. The summed E-state index contributed by atoms with van der Waals surface area (Å²) >= 11 is 1.69. The van der Waals surface area contributed by atoms with Gasteiger partial charge < -0.3 is 15.1 Å². The first-order chi connectivity index (χ1) is 10.2. The van der Waals surface area contributed by atoms with Crippen molar-refractivity contribution in [1.82, 2.24) is 4.90 Å². The van der Waals surface area contributed by atoms with Crippen LogP contribution < -0.4 is 10.2 Å². The highest BCUT2D eigenvalue weighted by Gasteiger charge is 2.20. The zero-order valence-electron chi connectivity index (χ0n) is 12.1. The third kappa shape index (κ3) is 3.19. The van der Waals surface area contributed by atoms with Gasteiger partial charge in [0, 0.05) is 25.0 Å². The molecule has 2 heterocycles. The third-order valence-electron chi connectivity index (χ3n) is 3.67. The molecule has 0 saturated heterocycles. The van der Waals surface area contributed by atoms with Crippen LogP contribution in [0.3, 0.4) is 0 Å². The molecule has 1 aliphatic rings. The van der Waals surface area contributed by atoms with Crippen molar-refractivity contribution in [1.29, 1.82) is 0 Å². The number of thiophene rings is 1. The predicted molar refractivity (Wildman–Crippen MR) is 87.9 cm³/mol. The van der Waals surface area contributed by atoms with E-state index in [2.05, 4.69) is 28.4 Å². The number of hydrogen-bond acceptors (Lipinski definition) is 4. The molecule has 0 aliphatic carbocycles. The van der Waals surface area contributed by atoms with Crippen LogP contribution in [0.25, 0.3) is 0 Å². The zero-order valence-corrected chi connectivity index (χ0v) is 12.9. The van der Waals surface area contributed by atoms with Crippen LogP contribution in [0.15, 0.2) is 41.8 Å². The molecule has 0 bridgehead atoms. The van der Waals surface area contributed by atoms with Gasteiger partial charge in [0.2, 0.25) is 5.91 Å². The lowest BCUT2D eigenvalue weighted by Crippen LogP contribution is -2.42. The maximum Gasteiger partial charge on any atom is 0.242 e. The van der Waals surface area contributed by atoms with Crippen LogP contribution in [0.4, 0.5) is 11.4 Å². The molecule has 1 aromatic carbocycles. The molecular formula is C16H19N3OS. The van der Waals surface area contributed by atoms with Crippen molar-refractivity contribution in [3.8, 4) is 0 Å². The molecular weight excluding hydrogens is 282 g/mol. The smallest absolute Gasteiger partial charge is 0.242 e. The van der Waals surface area contributed by atoms with Gasteiger partial charge in [-0.2, -0.15) is 0 Å². The molecule has 0 atom stereocenters. The molecule has 5 heteroatoms. The van der Waals surface area contributed by atoms with Crippen LogP contribution in [0.5, 0.6) is 0 Å². The number of carbonyl (C=O) groups is 1. The lowest BCUT2D eigenvalue weighted by molar-refractivity contribution is -0.128. The summed E-state index contributed by atoms with van der Waals surface area (Å²) < 4.78 is 0. The largest absolute Gasteiger partial charge is 0.382 e. The Kier molecular flexibility index (Phi) is 4.10. The van der Waals surface area contributed by atoms with E-state index in [-0.39, 0.29) is 5.91 Å². The Balaban J connectivity index is 1.65. The SMILES string of the molecule is CN(Cc1cccs1)C(=O)CN1CCNc2ccccc21. The highest BCUT2D eigenvalue weighted by Crippen LogP contribution is 2.28. The molecule has 1 amide bonds. The summed E-state index contributed by atoms with van der Waals surface area (Å²) in [7, 11) is 1.87. The number of fused-ring (bicyclic) bond motifs is 1. The number of rotatable bonds is 4. The van der Waals surface area contributed by atoms with Crippen molar-refractivity contribution in [2.45, 2.75) is 6.54 Å². The van der Waals surface area contributed by atoms with Gasteiger partial charge in [-0.15, -0.1) is 11.3 Å². The van der Waals surface area contributed by atoms with E-state index in [9.17, 15) is 4.79 Å². The van der Waals surface area contributed by atoms with Crippen molar-refractivity contribution in [2.75, 3.05) is 36.9 Å². The second kappa shape index (κ2) is 6.18. The minimum Gasteiger partial charge on any atom is -0.382 e. The lowest BCUT2D eigenvalue weighted by atomic mass is 10.2. The molecule has 21 heavy (non-hydrogen) atoms. The lowest BCUT2D eigenvalue weighted by Gasteiger charge is -2.32. The molecule has 4 nitrogen and oxygen atoms in total. The number of anilines is 2. The van der Waals surface area contributed by atoms with Crippen molar-refractivity contribution < 1.29 is 4.79 Å². The Labute approximate surface area is 129 Å². The standard InChI is InChI=1S/C16H19N3OS/c1-18(11-13-5-4-10-21-13)16(20)12-19-9-8-17-14-6-2-3-7-15(14)19/h2-7,10,17H,8-9,11-12H2,1H3. The number of hydrogen-bond donors (Lipinski definition) is 1. The predicted octanol–water partition coefficient (Wildman–Crippen LogP) is 2.64. The summed E-state index contributed by atoms with van der Waals surface area (Å²) in [6.07, 6.45) is 0. The van der Waals surface area contributed by atoms with Gasteiger partial charge in [-0.3, -0.25) is 4.79 Å². The van der Waals surface area contributed by atoms with Gasteiger partial charge in [-0.25, -0.2) is 0 Å². The Morgan fingerprint density at radius 2 is 2.19 bits per heavy atom. The topological polar surface area (TPSA) is 35.6 Å². The van der Waals surface area contributed by atoms with E-state index < -0.39 is 0 Å². The number of nitrogens with one attached hydrogen (secondary N) is 1. The average Bonchev–Trinajstić information content (AvgIpc) is 3.00. The number of nitrogens with zero attached hydrogens (tertiary/aromatic N) is 2. The van der Waals surface area contributed by atoms with Gasteiger partial charge in [0.25, 0.3) is 0 Å². The van der Waals surface area contributed by atoms with Gasteiger partial charge in [0.1, 0.15) is 0 Å². The van der Waals surface area contributed by atoms with Crippen LogP contribution in [0.1, 0.15) is 4.88 Å².